The minimum Gasteiger partial charge on any atom is -0.494 e. The standard InChI is InChI=1S/C23H22N2O2/c24-21(17-11-5-2-6-12-17)20-18-13-7-8-14-19(18)22(26)25(23(20)27)15-16-9-3-1-4-10-16/h1-6,9-12,24,26H,7-8,13-15H2. The first-order valence-corrected chi connectivity index (χ1v) is 9.32. The van der Waals surface area contributed by atoms with Gasteiger partial charge in [-0.15, -0.1) is 0 Å². The van der Waals surface area contributed by atoms with E-state index >= 15 is 0 Å². The highest BCUT2D eigenvalue weighted by Gasteiger charge is 2.26. The maximum atomic E-state index is 13.3. The summed E-state index contributed by atoms with van der Waals surface area (Å²) in [6, 6.07) is 19.0. The Labute approximate surface area is 158 Å². The van der Waals surface area contributed by atoms with E-state index in [-0.39, 0.29) is 17.2 Å². The molecule has 4 heteroatoms. The second-order valence-corrected chi connectivity index (χ2v) is 6.98. The number of fused-ring (bicyclic) bond motifs is 1. The first-order chi connectivity index (χ1) is 13.2. The summed E-state index contributed by atoms with van der Waals surface area (Å²) in [5.74, 6) is 0.0585. The van der Waals surface area contributed by atoms with Crippen LogP contribution < -0.4 is 5.56 Å². The molecule has 4 nitrogen and oxygen atoms in total. The number of benzene rings is 2. The molecule has 0 saturated carbocycles. The van der Waals surface area contributed by atoms with Crippen LogP contribution in [0.25, 0.3) is 0 Å². The van der Waals surface area contributed by atoms with Crippen molar-refractivity contribution in [2.45, 2.75) is 32.2 Å². The van der Waals surface area contributed by atoms with Gasteiger partial charge >= 0.3 is 0 Å². The fraction of sp³-hybridized carbons (Fsp3) is 0.217. The van der Waals surface area contributed by atoms with Crippen LogP contribution in [0.1, 0.15) is 40.7 Å². The van der Waals surface area contributed by atoms with E-state index in [0.29, 0.717) is 12.1 Å². The van der Waals surface area contributed by atoms with Gasteiger partial charge in [0.15, 0.2) is 5.88 Å². The van der Waals surface area contributed by atoms with E-state index in [1.807, 2.05) is 60.7 Å². The van der Waals surface area contributed by atoms with Crippen molar-refractivity contribution in [3.05, 3.63) is 98.8 Å². The Kier molecular flexibility index (Phi) is 4.63. The molecule has 1 aliphatic rings. The quantitative estimate of drug-likeness (QED) is 0.695. The van der Waals surface area contributed by atoms with E-state index in [0.717, 1.165) is 47.9 Å². The lowest BCUT2D eigenvalue weighted by atomic mass is 9.86. The molecule has 2 aromatic carbocycles. The van der Waals surface area contributed by atoms with Crippen LogP contribution in [0.2, 0.25) is 0 Å². The molecule has 4 rings (SSSR count). The average molecular weight is 358 g/mol. The maximum Gasteiger partial charge on any atom is 0.263 e. The summed E-state index contributed by atoms with van der Waals surface area (Å²) in [7, 11) is 0. The smallest absolute Gasteiger partial charge is 0.263 e. The Morgan fingerprint density at radius 1 is 0.926 bits per heavy atom. The van der Waals surface area contributed by atoms with Gasteiger partial charge in [0.2, 0.25) is 0 Å². The van der Waals surface area contributed by atoms with Crippen molar-refractivity contribution in [3.63, 3.8) is 0 Å². The van der Waals surface area contributed by atoms with E-state index in [1.165, 1.54) is 4.57 Å². The molecule has 3 aromatic rings. The lowest BCUT2D eigenvalue weighted by molar-refractivity contribution is 0.402. The zero-order chi connectivity index (χ0) is 18.8. The normalized spacial score (nSPS) is 13.2. The molecule has 0 atom stereocenters. The molecule has 0 aliphatic heterocycles. The zero-order valence-electron chi connectivity index (χ0n) is 15.1. The first-order valence-electron chi connectivity index (χ1n) is 9.32. The van der Waals surface area contributed by atoms with Gasteiger partial charge < -0.3 is 5.11 Å². The van der Waals surface area contributed by atoms with Gasteiger partial charge in [-0.3, -0.25) is 14.8 Å². The van der Waals surface area contributed by atoms with Crippen molar-refractivity contribution < 1.29 is 5.11 Å². The molecule has 0 saturated heterocycles. The van der Waals surface area contributed by atoms with E-state index in [9.17, 15) is 9.90 Å². The van der Waals surface area contributed by atoms with Crippen LogP contribution in [0.3, 0.4) is 0 Å². The van der Waals surface area contributed by atoms with Gasteiger partial charge in [-0.1, -0.05) is 60.7 Å². The van der Waals surface area contributed by atoms with Gasteiger partial charge in [-0.05, 0) is 36.8 Å². The Hall–Kier alpha value is -3.14. The Balaban J connectivity index is 1.91. The highest BCUT2D eigenvalue weighted by atomic mass is 16.3. The predicted octanol–water partition coefficient (Wildman–Crippen LogP) is 3.90. The van der Waals surface area contributed by atoms with Crippen LogP contribution in [0.5, 0.6) is 5.88 Å². The molecule has 0 fully saturated rings. The summed E-state index contributed by atoms with van der Waals surface area (Å²) < 4.78 is 1.42. The summed E-state index contributed by atoms with van der Waals surface area (Å²) in [6.45, 7) is 0.299. The van der Waals surface area contributed by atoms with Crippen LogP contribution in [0.4, 0.5) is 0 Å². The van der Waals surface area contributed by atoms with E-state index in [2.05, 4.69) is 0 Å². The fourth-order valence-electron chi connectivity index (χ4n) is 3.87. The summed E-state index contributed by atoms with van der Waals surface area (Å²) in [5.41, 5.74) is 3.73. The molecule has 1 heterocycles. The molecule has 0 amide bonds. The van der Waals surface area contributed by atoms with Gasteiger partial charge in [-0.25, -0.2) is 0 Å². The summed E-state index contributed by atoms with van der Waals surface area (Å²) >= 11 is 0. The topological polar surface area (TPSA) is 66.1 Å². The number of aromatic hydroxyl groups is 1. The number of pyridine rings is 1. The molecule has 1 aliphatic carbocycles. The van der Waals surface area contributed by atoms with Crippen molar-refractivity contribution in [2.24, 2.45) is 0 Å². The van der Waals surface area contributed by atoms with E-state index in [1.54, 1.807) is 0 Å². The van der Waals surface area contributed by atoms with Crippen molar-refractivity contribution in [1.82, 2.24) is 4.57 Å². The molecule has 136 valence electrons. The number of rotatable bonds is 4. The average Bonchev–Trinajstić information content (AvgIpc) is 2.72. The zero-order valence-corrected chi connectivity index (χ0v) is 15.1. The van der Waals surface area contributed by atoms with Crippen LogP contribution in [0.15, 0.2) is 65.5 Å². The lowest BCUT2D eigenvalue weighted by Crippen LogP contribution is -2.31. The van der Waals surface area contributed by atoms with Crippen LogP contribution >= 0.6 is 0 Å². The third-order valence-corrected chi connectivity index (χ3v) is 5.25. The van der Waals surface area contributed by atoms with Gasteiger partial charge in [0.25, 0.3) is 5.56 Å². The highest BCUT2D eigenvalue weighted by Crippen LogP contribution is 2.31. The minimum atomic E-state index is -0.286. The van der Waals surface area contributed by atoms with Crippen LogP contribution in [-0.2, 0) is 19.4 Å². The number of nitrogens with one attached hydrogen (secondary N) is 1. The third kappa shape index (κ3) is 3.19. The van der Waals surface area contributed by atoms with Crippen molar-refractivity contribution >= 4 is 5.71 Å². The predicted molar refractivity (Wildman–Crippen MR) is 107 cm³/mol. The largest absolute Gasteiger partial charge is 0.494 e. The summed E-state index contributed by atoms with van der Waals surface area (Å²) in [6.07, 6.45) is 3.44. The number of hydrogen-bond donors (Lipinski definition) is 2. The summed E-state index contributed by atoms with van der Waals surface area (Å²) in [5, 5.41) is 19.5. The SMILES string of the molecule is N=C(c1ccccc1)c1c2c(c(O)n(Cc3ccccc3)c1=O)CCCC2. The van der Waals surface area contributed by atoms with E-state index < -0.39 is 0 Å². The van der Waals surface area contributed by atoms with Crippen LogP contribution in [0, 0.1) is 5.41 Å². The van der Waals surface area contributed by atoms with Gasteiger partial charge in [-0.2, -0.15) is 0 Å². The lowest BCUT2D eigenvalue weighted by Gasteiger charge is -2.23. The molecule has 2 N–H and O–H groups in total. The molecule has 0 radical (unpaired) electrons. The van der Waals surface area contributed by atoms with Crippen LogP contribution in [-0.4, -0.2) is 15.4 Å². The van der Waals surface area contributed by atoms with Gasteiger partial charge in [0.1, 0.15) is 0 Å². The Morgan fingerprint density at radius 3 is 2.19 bits per heavy atom. The monoisotopic (exact) mass is 358 g/mol. The van der Waals surface area contributed by atoms with Gasteiger partial charge in [0.05, 0.1) is 17.8 Å². The minimum absolute atomic E-state index is 0.0585. The molecule has 1 aromatic heterocycles. The van der Waals surface area contributed by atoms with Crippen molar-refractivity contribution in [3.8, 4) is 5.88 Å². The number of aromatic nitrogens is 1. The van der Waals surface area contributed by atoms with Gasteiger partial charge in [0, 0.05) is 11.1 Å². The highest BCUT2D eigenvalue weighted by molar-refractivity contribution is 6.11. The molecule has 0 spiro atoms. The molecular formula is C23H22N2O2. The number of nitrogens with zero attached hydrogens (tertiary/aromatic N) is 1. The molecule has 27 heavy (non-hydrogen) atoms. The second kappa shape index (κ2) is 7.23. The van der Waals surface area contributed by atoms with Crippen molar-refractivity contribution in [1.29, 1.82) is 5.41 Å². The molecule has 0 unspecified atom stereocenters. The van der Waals surface area contributed by atoms with Crippen molar-refractivity contribution in [2.75, 3.05) is 0 Å². The fourth-order valence-corrected chi connectivity index (χ4v) is 3.87. The Bertz CT molecular complexity index is 1040. The molecule has 0 bridgehead atoms. The Morgan fingerprint density at radius 2 is 1.52 bits per heavy atom. The van der Waals surface area contributed by atoms with E-state index in [4.69, 9.17) is 5.41 Å². The number of hydrogen-bond acceptors (Lipinski definition) is 3. The first kappa shape index (κ1) is 17.3. The summed E-state index contributed by atoms with van der Waals surface area (Å²) in [4.78, 5) is 13.3. The molecular weight excluding hydrogens is 336 g/mol. The third-order valence-electron chi connectivity index (χ3n) is 5.25. The second-order valence-electron chi connectivity index (χ2n) is 6.98. The maximum absolute atomic E-state index is 13.3.